The van der Waals surface area contributed by atoms with Crippen molar-refractivity contribution >= 4 is 23.2 Å². The van der Waals surface area contributed by atoms with Gasteiger partial charge in [-0.15, -0.1) is 0 Å². The number of benzene rings is 2. The molecule has 5 rings (SSSR count). The van der Waals surface area contributed by atoms with Crippen LogP contribution >= 0.6 is 0 Å². The number of anilines is 1. The molecule has 1 saturated heterocycles. The number of halogens is 1. The van der Waals surface area contributed by atoms with Crippen molar-refractivity contribution in [3.8, 4) is 11.5 Å². The number of amides is 2. The van der Waals surface area contributed by atoms with Crippen LogP contribution in [0.1, 0.15) is 18.4 Å². The summed E-state index contributed by atoms with van der Waals surface area (Å²) in [5.41, 5.74) is 0.235. The van der Waals surface area contributed by atoms with Crippen LogP contribution in [0.3, 0.4) is 0 Å². The quantitative estimate of drug-likeness (QED) is 0.746. The molecular weight excluding hydrogens is 367 g/mol. The van der Waals surface area contributed by atoms with Gasteiger partial charge in [0.05, 0.1) is 17.8 Å². The van der Waals surface area contributed by atoms with Gasteiger partial charge in [-0.3, -0.25) is 9.59 Å². The predicted octanol–water partition coefficient (Wildman–Crippen LogP) is 2.42. The van der Waals surface area contributed by atoms with E-state index in [2.05, 4.69) is 5.16 Å². The molecule has 1 spiro atoms. The molecule has 3 aliphatic rings. The fourth-order valence-corrected chi connectivity index (χ4v) is 3.63. The average molecular weight is 382 g/mol. The van der Waals surface area contributed by atoms with E-state index >= 15 is 0 Å². The molecular formula is C20H15FN2O5. The molecule has 2 amide bonds. The van der Waals surface area contributed by atoms with E-state index in [4.69, 9.17) is 14.3 Å². The van der Waals surface area contributed by atoms with Crippen molar-refractivity contribution in [2.45, 2.75) is 18.4 Å². The minimum atomic E-state index is -1.37. The van der Waals surface area contributed by atoms with Gasteiger partial charge >= 0.3 is 0 Å². The maximum atomic E-state index is 13.2. The predicted molar refractivity (Wildman–Crippen MR) is 95.9 cm³/mol. The van der Waals surface area contributed by atoms with E-state index in [9.17, 15) is 14.0 Å². The van der Waals surface area contributed by atoms with Gasteiger partial charge in [-0.25, -0.2) is 9.29 Å². The molecule has 3 heterocycles. The lowest BCUT2D eigenvalue weighted by molar-refractivity contribution is -0.136. The molecule has 3 aliphatic heterocycles. The Bertz CT molecular complexity index is 1020. The molecule has 28 heavy (non-hydrogen) atoms. The number of carbonyl (C=O) groups is 2. The summed E-state index contributed by atoms with van der Waals surface area (Å²) in [4.78, 5) is 32.0. The first-order valence-corrected chi connectivity index (χ1v) is 8.84. The standard InChI is InChI=1S/C20H15FN2O5/c21-13-2-4-14(5-3-13)23-18(24)11-20(19(23)25)10-15(22-28-20)12-1-6-16-17(9-12)27-8-7-26-16/h1-6,9H,7-8,10-11H2/t20-/m0/s1. The first-order chi connectivity index (χ1) is 13.6. The first-order valence-electron chi connectivity index (χ1n) is 8.84. The van der Waals surface area contributed by atoms with E-state index in [1.165, 1.54) is 24.3 Å². The highest BCUT2D eigenvalue weighted by Gasteiger charge is 2.58. The van der Waals surface area contributed by atoms with Gasteiger partial charge in [0, 0.05) is 12.0 Å². The number of fused-ring (bicyclic) bond motifs is 1. The van der Waals surface area contributed by atoms with E-state index in [0.29, 0.717) is 36.1 Å². The molecule has 0 aliphatic carbocycles. The second-order valence-corrected chi connectivity index (χ2v) is 6.85. The number of imide groups is 1. The number of nitrogens with zero attached hydrogens (tertiary/aromatic N) is 2. The SMILES string of the molecule is O=C1C[C@@]2(CC(c3ccc4c(c3)OCCO4)=NO2)C(=O)N1c1ccc(F)cc1. The number of carbonyl (C=O) groups excluding carboxylic acids is 2. The summed E-state index contributed by atoms with van der Waals surface area (Å²) in [7, 11) is 0. The van der Waals surface area contributed by atoms with Crippen LogP contribution in [0, 0.1) is 5.82 Å². The average Bonchev–Trinajstić information content (AvgIpc) is 3.24. The van der Waals surface area contributed by atoms with Crippen molar-refractivity contribution in [1.82, 2.24) is 0 Å². The Morgan fingerprint density at radius 1 is 0.964 bits per heavy atom. The summed E-state index contributed by atoms with van der Waals surface area (Å²) >= 11 is 0. The van der Waals surface area contributed by atoms with Gasteiger partial charge in [0.1, 0.15) is 19.0 Å². The minimum Gasteiger partial charge on any atom is -0.486 e. The van der Waals surface area contributed by atoms with Crippen molar-refractivity contribution in [3.63, 3.8) is 0 Å². The number of hydrogen-bond donors (Lipinski definition) is 0. The Balaban J connectivity index is 1.40. The zero-order valence-corrected chi connectivity index (χ0v) is 14.7. The molecule has 8 heteroatoms. The maximum Gasteiger partial charge on any atom is 0.281 e. The monoisotopic (exact) mass is 382 g/mol. The highest BCUT2D eigenvalue weighted by Crippen LogP contribution is 2.40. The van der Waals surface area contributed by atoms with Crippen molar-refractivity contribution in [2.24, 2.45) is 5.16 Å². The second-order valence-electron chi connectivity index (χ2n) is 6.85. The smallest absolute Gasteiger partial charge is 0.281 e. The third-order valence-corrected chi connectivity index (χ3v) is 5.02. The van der Waals surface area contributed by atoms with E-state index < -0.39 is 23.2 Å². The van der Waals surface area contributed by atoms with E-state index in [0.717, 1.165) is 10.5 Å². The first kappa shape index (κ1) is 16.7. The molecule has 0 saturated carbocycles. The van der Waals surface area contributed by atoms with Crippen molar-refractivity contribution in [3.05, 3.63) is 53.8 Å². The normalized spacial score (nSPS) is 23.2. The number of ether oxygens (including phenoxy) is 2. The van der Waals surface area contributed by atoms with Gasteiger partial charge in [0.2, 0.25) is 11.5 Å². The molecule has 0 unspecified atom stereocenters. The third-order valence-electron chi connectivity index (χ3n) is 5.02. The summed E-state index contributed by atoms with van der Waals surface area (Å²) in [5.74, 6) is -0.0949. The molecule has 0 aromatic heterocycles. The van der Waals surface area contributed by atoms with E-state index in [1.807, 2.05) is 6.07 Å². The Hall–Kier alpha value is -3.42. The molecule has 2 aromatic rings. The lowest BCUT2D eigenvalue weighted by atomic mass is 9.92. The summed E-state index contributed by atoms with van der Waals surface area (Å²) in [6.07, 6.45) is 0.0374. The molecule has 1 atom stereocenters. The van der Waals surface area contributed by atoms with Gasteiger partial charge < -0.3 is 14.3 Å². The molecule has 2 aromatic carbocycles. The van der Waals surface area contributed by atoms with Gasteiger partial charge in [-0.05, 0) is 42.5 Å². The van der Waals surface area contributed by atoms with Crippen LogP contribution in [0.4, 0.5) is 10.1 Å². The molecule has 142 valence electrons. The van der Waals surface area contributed by atoms with Crippen molar-refractivity contribution in [1.29, 1.82) is 0 Å². The Kier molecular flexibility index (Phi) is 3.61. The Morgan fingerprint density at radius 2 is 1.71 bits per heavy atom. The van der Waals surface area contributed by atoms with Crippen LogP contribution in [0.15, 0.2) is 47.6 Å². The van der Waals surface area contributed by atoms with Gasteiger partial charge in [0.25, 0.3) is 5.91 Å². The number of oxime groups is 1. The van der Waals surface area contributed by atoms with Crippen molar-refractivity contribution < 1.29 is 28.3 Å². The van der Waals surface area contributed by atoms with E-state index in [1.54, 1.807) is 12.1 Å². The third kappa shape index (κ3) is 2.52. The number of rotatable bonds is 2. The van der Waals surface area contributed by atoms with Crippen LogP contribution in [0.2, 0.25) is 0 Å². The number of hydrogen-bond acceptors (Lipinski definition) is 6. The van der Waals surface area contributed by atoms with Crippen LogP contribution in [0.25, 0.3) is 0 Å². The summed E-state index contributed by atoms with van der Waals surface area (Å²) < 4.78 is 24.3. The van der Waals surface area contributed by atoms with Gasteiger partial charge in [0.15, 0.2) is 11.5 Å². The maximum absolute atomic E-state index is 13.2. The molecule has 1 fully saturated rings. The van der Waals surface area contributed by atoms with Crippen LogP contribution in [-0.2, 0) is 14.4 Å². The van der Waals surface area contributed by atoms with Crippen LogP contribution < -0.4 is 14.4 Å². The summed E-state index contributed by atoms with van der Waals surface area (Å²) in [6.45, 7) is 0.957. The van der Waals surface area contributed by atoms with Crippen molar-refractivity contribution in [2.75, 3.05) is 18.1 Å². The molecule has 0 bridgehead atoms. The molecule has 0 radical (unpaired) electrons. The Morgan fingerprint density at radius 3 is 2.50 bits per heavy atom. The minimum absolute atomic E-state index is 0.124. The van der Waals surface area contributed by atoms with Gasteiger partial charge in [-0.1, -0.05) is 5.16 Å². The molecule has 0 N–H and O–H groups in total. The fraction of sp³-hybridized carbons (Fsp3) is 0.250. The van der Waals surface area contributed by atoms with E-state index in [-0.39, 0.29) is 12.8 Å². The Labute approximate surface area is 159 Å². The van der Waals surface area contributed by atoms with Crippen LogP contribution in [-0.4, -0.2) is 36.3 Å². The second kappa shape index (κ2) is 6.05. The zero-order chi connectivity index (χ0) is 19.3. The topological polar surface area (TPSA) is 77.4 Å². The highest BCUT2D eigenvalue weighted by molar-refractivity contribution is 6.25. The summed E-state index contributed by atoms with van der Waals surface area (Å²) in [5, 5.41) is 4.08. The lowest BCUT2D eigenvalue weighted by Gasteiger charge is -2.20. The fourth-order valence-electron chi connectivity index (χ4n) is 3.63. The largest absolute Gasteiger partial charge is 0.486 e. The van der Waals surface area contributed by atoms with Gasteiger partial charge in [-0.2, -0.15) is 0 Å². The lowest BCUT2D eigenvalue weighted by Crippen LogP contribution is -2.40. The van der Waals surface area contributed by atoms with Crippen LogP contribution in [0.5, 0.6) is 11.5 Å². The zero-order valence-electron chi connectivity index (χ0n) is 14.7. The summed E-state index contributed by atoms with van der Waals surface area (Å²) in [6, 6.07) is 10.6. The molecule has 7 nitrogen and oxygen atoms in total. The highest BCUT2D eigenvalue weighted by atomic mass is 19.1.